The van der Waals surface area contributed by atoms with Crippen molar-refractivity contribution in [2.45, 2.75) is 19.4 Å². The number of esters is 1. The van der Waals surface area contributed by atoms with Crippen molar-refractivity contribution in [1.82, 2.24) is 0 Å². The third kappa shape index (κ3) is 2.14. The zero-order chi connectivity index (χ0) is 8.15. The molecule has 0 bridgehead atoms. The molecule has 0 heterocycles. The van der Waals surface area contributed by atoms with E-state index < -0.39 is 12.0 Å². The summed E-state index contributed by atoms with van der Waals surface area (Å²) in [6.07, 6.45) is 0.323. The second kappa shape index (κ2) is 4.00. The van der Waals surface area contributed by atoms with E-state index in [4.69, 9.17) is 0 Å². The van der Waals surface area contributed by atoms with Crippen LogP contribution in [0.15, 0.2) is 0 Å². The maximum Gasteiger partial charge on any atom is 0.372 e. The molecule has 1 atom stereocenters. The molecule has 0 aliphatic heterocycles. The van der Waals surface area contributed by atoms with Gasteiger partial charge in [0, 0.05) is 6.42 Å². The maximum absolute atomic E-state index is 10.7. The van der Waals surface area contributed by atoms with E-state index in [-0.39, 0.29) is 5.78 Å². The summed E-state index contributed by atoms with van der Waals surface area (Å²) in [5, 5.41) is 0. The van der Waals surface area contributed by atoms with Gasteiger partial charge in [-0.25, -0.2) is 4.79 Å². The molecule has 58 valence electrons. The average molecular weight is 146 g/mol. The smallest absolute Gasteiger partial charge is 0.372 e. The number of hydrogen-bond acceptors (Lipinski definition) is 3. The monoisotopic (exact) mass is 146 g/mol. The van der Waals surface area contributed by atoms with Crippen LogP contribution in [0.3, 0.4) is 0 Å². The van der Waals surface area contributed by atoms with Crippen LogP contribution in [0.25, 0.3) is 0 Å². The fourth-order valence-electron chi connectivity index (χ4n) is 0.520. The summed E-state index contributed by atoms with van der Waals surface area (Å²) in [4.78, 5) is 21.4. The van der Waals surface area contributed by atoms with E-state index >= 15 is 0 Å². The van der Waals surface area contributed by atoms with Crippen molar-refractivity contribution in [2.75, 3.05) is 7.11 Å². The van der Waals surface area contributed by atoms with Gasteiger partial charge in [-0.1, -0.05) is 6.92 Å². The molecule has 0 rings (SSSR count). The summed E-state index contributed by atoms with van der Waals surface area (Å²) in [5.74, 6) is -0.751. The van der Waals surface area contributed by atoms with Crippen LogP contribution >= 0.6 is 0 Å². The van der Waals surface area contributed by atoms with Crippen molar-refractivity contribution in [3.63, 3.8) is 0 Å². The second-order valence-corrected chi connectivity index (χ2v) is 1.90. The SMILES string of the molecule is CCC(=O)C([NH3+])C(=O)OC. The summed E-state index contributed by atoms with van der Waals surface area (Å²) < 4.78 is 4.31. The van der Waals surface area contributed by atoms with Gasteiger partial charge in [0.1, 0.15) is 0 Å². The number of Topliss-reactive ketones (excluding diaryl/α,β-unsaturated/α-hetero) is 1. The Balaban J connectivity index is 3.94. The normalized spacial score (nSPS) is 12.3. The molecule has 0 fully saturated rings. The first-order chi connectivity index (χ1) is 4.63. The highest BCUT2D eigenvalue weighted by atomic mass is 16.5. The summed E-state index contributed by atoms with van der Waals surface area (Å²) in [7, 11) is 1.24. The van der Waals surface area contributed by atoms with Crippen LogP contribution in [0.5, 0.6) is 0 Å². The molecule has 0 aromatic rings. The lowest BCUT2D eigenvalue weighted by atomic mass is 10.1. The van der Waals surface area contributed by atoms with Gasteiger partial charge in [-0.3, -0.25) is 4.79 Å². The van der Waals surface area contributed by atoms with Crippen molar-refractivity contribution in [1.29, 1.82) is 0 Å². The zero-order valence-electron chi connectivity index (χ0n) is 6.22. The average Bonchev–Trinajstić information content (AvgIpc) is 2.00. The number of carbonyl (C=O) groups excluding carboxylic acids is 2. The van der Waals surface area contributed by atoms with Crippen LogP contribution in [0.2, 0.25) is 0 Å². The van der Waals surface area contributed by atoms with E-state index in [9.17, 15) is 9.59 Å². The molecule has 0 aliphatic rings. The topological polar surface area (TPSA) is 71.0 Å². The first kappa shape index (κ1) is 9.10. The molecular weight excluding hydrogens is 134 g/mol. The fraction of sp³-hybridized carbons (Fsp3) is 0.667. The minimum atomic E-state index is -0.852. The number of methoxy groups -OCH3 is 1. The van der Waals surface area contributed by atoms with E-state index in [0.717, 1.165) is 0 Å². The predicted octanol–water partition coefficient (Wildman–Crippen LogP) is -1.25. The van der Waals surface area contributed by atoms with Crippen LogP contribution < -0.4 is 5.73 Å². The molecule has 10 heavy (non-hydrogen) atoms. The lowest BCUT2D eigenvalue weighted by Gasteiger charge is -2.01. The molecule has 0 saturated carbocycles. The third-order valence-electron chi connectivity index (χ3n) is 1.22. The lowest BCUT2D eigenvalue weighted by molar-refractivity contribution is -0.392. The van der Waals surface area contributed by atoms with Gasteiger partial charge in [0.15, 0.2) is 0 Å². The molecule has 0 saturated heterocycles. The Morgan fingerprint density at radius 3 is 2.40 bits per heavy atom. The number of quaternary nitrogens is 1. The van der Waals surface area contributed by atoms with Gasteiger partial charge in [0.25, 0.3) is 0 Å². The van der Waals surface area contributed by atoms with Crippen LogP contribution in [0.4, 0.5) is 0 Å². The van der Waals surface area contributed by atoms with Crippen molar-refractivity contribution in [3.05, 3.63) is 0 Å². The zero-order valence-corrected chi connectivity index (χ0v) is 6.22. The Morgan fingerprint density at radius 1 is 1.60 bits per heavy atom. The van der Waals surface area contributed by atoms with Gasteiger partial charge in [0.2, 0.25) is 11.8 Å². The van der Waals surface area contributed by atoms with Gasteiger partial charge >= 0.3 is 5.97 Å². The number of hydrogen-bond donors (Lipinski definition) is 1. The predicted molar refractivity (Wildman–Crippen MR) is 34.0 cm³/mol. The highest BCUT2D eigenvalue weighted by Crippen LogP contribution is 1.87. The van der Waals surface area contributed by atoms with Crippen molar-refractivity contribution in [3.8, 4) is 0 Å². The number of rotatable bonds is 3. The van der Waals surface area contributed by atoms with E-state index in [1.807, 2.05) is 0 Å². The van der Waals surface area contributed by atoms with Gasteiger partial charge in [-0.2, -0.15) is 0 Å². The van der Waals surface area contributed by atoms with Crippen LogP contribution in [0, 0.1) is 0 Å². The minimum absolute atomic E-state index is 0.188. The van der Waals surface area contributed by atoms with Crippen LogP contribution in [0.1, 0.15) is 13.3 Å². The van der Waals surface area contributed by atoms with Crippen molar-refractivity contribution >= 4 is 11.8 Å². The lowest BCUT2D eigenvalue weighted by Crippen LogP contribution is -2.69. The molecule has 4 nitrogen and oxygen atoms in total. The Kier molecular flexibility index (Phi) is 3.64. The Labute approximate surface area is 59.3 Å². The highest BCUT2D eigenvalue weighted by molar-refractivity contribution is 6.00. The minimum Gasteiger partial charge on any atom is -0.464 e. The summed E-state index contributed by atoms with van der Waals surface area (Å²) in [5.41, 5.74) is 3.36. The van der Waals surface area contributed by atoms with Gasteiger partial charge in [0.05, 0.1) is 7.11 Å². The molecule has 0 radical (unpaired) electrons. The van der Waals surface area contributed by atoms with Gasteiger partial charge in [-0.05, 0) is 0 Å². The van der Waals surface area contributed by atoms with Gasteiger partial charge in [-0.15, -0.1) is 0 Å². The molecule has 0 aromatic carbocycles. The number of ether oxygens (including phenoxy) is 1. The first-order valence-electron chi connectivity index (χ1n) is 3.07. The van der Waals surface area contributed by atoms with Crippen molar-refractivity contribution in [2.24, 2.45) is 0 Å². The van der Waals surface area contributed by atoms with E-state index in [0.29, 0.717) is 6.42 Å². The van der Waals surface area contributed by atoms with Gasteiger partial charge < -0.3 is 10.5 Å². The first-order valence-corrected chi connectivity index (χ1v) is 3.07. The maximum atomic E-state index is 10.7. The molecular formula is C6H12NO3+. The van der Waals surface area contributed by atoms with E-state index in [2.05, 4.69) is 10.5 Å². The Bertz CT molecular complexity index is 128. The summed E-state index contributed by atoms with van der Waals surface area (Å²) in [6.45, 7) is 1.68. The molecule has 0 amide bonds. The molecule has 0 spiro atoms. The highest BCUT2D eigenvalue weighted by Gasteiger charge is 2.24. The molecule has 1 unspecified atom stereocenters. The fourth-order valence-corrected chi connectivity index (χ4v) is 0.520. The van der Waals surface area contributed by atoms with Crippen LogP contribution in [-0.2, 0) is 14.3 Å². The summed E-state index contributed by atoms with van der Waals surface area (Å²) in [6, 6.07) is -0.852. The largest absolute Gasteiger partial charge is 0.464 e. The van der Waals surface area contributed by atoms with E-state index in [1.165, 1.54) is 7.11 Å². The molecule has 4 heteroatoms. The van der Waals surface area contributed by atoms with E-state index in [1.54, 1.807) is 6.92 Å². The Hall–Kier alpha value is -0.900. The number of ketones is 1. The van der Waals surface area contributed by atoms with Crippen LogP contribution in [-0.4, -0.2) is 24.9 Å². The summed E-state index contributed by atoms with van der Waals surface area (Å²) >= 11 is 0. The molecule has 0 aromatic heterocycles. The standard InChI is InChI=1S/C6H11NO3/c1-3-4(8)5(7)6(9)10-2/h5H,3,7H2,1-2H3/p+1. The quantitative estimate of drug-likeness (QED) is 0.399. The number of carbonyl (C=O) groups is 2. The Morgan fingerprint density at radius 2 is 2.10 bits per heavy atom. The molecule has 3 N–H and O–H groups in total. The molecule has 0 aliphatic carbocycles. The third-order valence-corrected chi connectivity index (χ3v) is 1.22. The second-order valence-electron chi connectivity index (χ2n) is 1.90. The van der Waals surface area contributed by atoms with Crippen molar-refractivity contribution < 1.29 is 20.1 Å².